The SMILES string of the molecule is NCCCOc1nc(Cc2cc(Br)cc(Br)c2)c(Cc2cc(Br)cc(Br)c2)n1CCCN.O=C(O)C(F)(F)F.O=C(O)C(F)(F)F. The van der Waals surface area contributed by atoms with Gasteiger partial charge in [0.15, 0.2) is 0 Å². The van der Waals surface area contributed by atoms with Crippen LogP contribution in [0.3, 0.4) is 0 Å². The molecule has 3 aromatic rings. The molecular weight excluding hydrogens is 894 g/mol. The van der Waals surface area contributed by atoms with Crippen molar-refractivity contribution >= 4 is 75.7 Å². The summed E-state index contributed by atoms with van der Waals surface area (Å²) < 4.78 is 75.8. The third kappa shape index (κ3) is 15.6. The van der Waals surface area contributed by atoms with Crippen LogP contribution in [0.15, 0.2) is 54.3 Å². The highest BCUT2D eigenvalue weighted by atomic mass is 79.9. The first-order valence-corrected chi connectivity index (χ1v) is 16.1. The predicted molar refractivity (Wildman–Crippen MR) is 172 cm³/mol. The van der Waals surface area contributed by atoms with Gasteiger partial charge in [-0.3, -0.25) is 4.57 Å². The molecule has 46 heavy (non-hydrogen) atoms. The maximum Gasteiger partial charge on any atom is 0.490 e. The first-order chi connectivity index (χ1) is 21.3. The molecule has 0 aliphatic heterocycles. The van der Waals surface area contributed by atoms with Gasteiger partial charge in [0.25, 0.3) is 6.01 Å². The molecule has 3 rings (SSSR count). The van der Waals surface area contributed by atoms with Crippen molar-refractivity contribution in [3.63, 3.8) is 0 Å². The molecule has 0 saturated heterocycles. The van der Waals surface area contributed by atoms with Crippen LogP contribution in [0, 0.1) is 0 Å². The zero-order valence-electron chi connectivity index (χ0n) is 23.6. The molecule has 0 spiro atoms. The summed E-state index contributed by atoms with van der Waals surface area (Å²) in [7, 11) is 0. The molecule has 2 aromatic carbocycles. The van der Waals surface area contributed by atoms with Crippen molar-refractivity contribution in [2.45, 2.75) is 44.6 Å². The normalized spacial score (nSPS) is 11.2. The lowest BCUT2D eigenvalue weighted by molar-refractivity contribution is -0.193. The Bertz CT molecular complexity index is 1390. The smallest absolute Gasteiger partial charge is 0.475 e. The fourth-order valence-electron chi connectivity index (χ4n) is 3.50. The fraction of sp³-hybridized carbons (Fsp3) is 0.370. The van der Waals surface area contributed by atoms with Gasteiger partial charge < -0.3 is 26.4 Å². The number of halogens is 10. The second-order valence-corrected chi connectivity index (χ2v) is 12.7. The number of carboxylic acids is 2. The Hall–Kier alpha value is -2.19. The molecule has 0 aliphatic rings. The van der Waals surface area contributed by atoms with Crippen LogP contribution in [0.4, 0.5) is 26.3 Å². The minimum atomic E-state index is -5.08. The second kappa shape index (κ2) is 19.6. The van der Waals surface area contributed by atoms with Gasteiger partial charge in [0.05, 0.1) is 12.3 Å². The number of imidazole rings is 1. The van der Waals surface area contributed by atoms with Gasteiger partial charge in [0, 0.05) is 43.0 Å². The van der Waals surface area contributed by atoms with Crippen LogP contribution in [0.25, 0.3) is 0 Å². The van der Waals surface area contributed by atoms with Crippen molar-refractivity contribution < 1.29 is 50.9 Å². The molecule has 0 amide bonds. The number of hydrogen-bond acceptors (Lipinski definition) is 6. The Morgan fingerprint density at radius 1 is 0.739 bits per heavy atom. The number of nitrogens with zero attached hydrogens (tertiary/aromatic N) is 2. The van der Waals surface area contributed by atoms with Gasteiger partial charge in [-0.1, -0.05) is 63.7 Å². The molecule has 1 heterocycles. The van der Waals surface area contributed by atoms with Crippen molar-refractivity contribution in [2.24, 2.45) is 11.5 Å². The highest BCUT2D eigenvalue weighted by molar-refractivity contribution is 9.11. The van der Waals surface area contributed by atoms with Crippen LogP contribution in [0.2, 0.25) is 0 Å². The Morgan fingerprint density at radius 2 is 1.13 bits per heavy atom. The standard InChI is InChI=1S/C23H26Br4N4O.2C2HF3O2/c24-17-7-15(8-18(25)13-17)11-21-22(12-16-9-19(26)14-20(27)10-16)31(5-1-3-28)23(30-21)32-6-2-4-29;2*3-2(4,5)1(6)7/h7-10,13-14H,1-6,11-12,28-29H2;2*(H,6,7). The lowest BCUT2D eigenvalue weighted by atomic mass is 10.0. The Balaban J connectivity index is 0.000000629. The number of carbonyl (C=O) groups is 2. The van der Waals surface area contributed by atoms with Crippen LogP contribution < -0.4 is 16.2 Å². The fourth-order valence-corrected chi connectivity index (χ4v) is 6.28. The highest BCUT2D eigenvalue weighted by Gasteiger charge is 2.38. The molecule has 0 unspecified atom stereocenters. The van der Waals surface area contributed by atoms with Crippen molar-refractivity contribution in [1.29, 1.82) is 0 Å². The van der Waals surface area contributed by atoms with Gasteiger partial charge in [0.2, 0.25) is 0 Å². The van der Waals surface area contributed by atoms with E-state index in [4.69, 9.17) is 41.0 Å². The molecule has 256 valence electrons. The van der Waals surface area contributed by atoms with E-state index >= 15 is 0 Å². The quantitative estimate of drug-likeness (QED) is 0.114. The molecule has 6 N–H and O–H groups in total. The zero-order valence-corrected chi connectivity index (χ0v) is 29.9. The van der Waals surface area contributed by atoms with Gasteiger partial charge in [-0.2, -0.15) is 31.3 Å². The molecule has 0 aliphatic carbocycles. The third-order valence-electron chi connectivity index (χ3n) is 5.36. The lowest BCUT2D eigenvalue weighted by Crippen LogP contribution is -2.21. The summed E-state index contributed by atoms with van der Waals surface area (Å²) in [5, 5.41) is 14.2. The van der Waals surface area contributed by atoms with Gasteiger partial charge in [-0.15, -0.1) is 0 Å². The van der Waals surface area contributed by atoms with E-state index in [9.17, 15) is 26.3 Å². The van der Waals surface area contributed by atoms with Crippen molar-refractivity contribution in [2.75, 3.05) is 19.7 Å². The van der Waals surface area contributed by atoms with E-state index in [1.165, 1.54) is 11.1 Å². The Kier molecular flexibility index (Phi) is 17.8. The average molecular weight is 922 g/mol. The number of rotatable bonds is 11. The van der Waals surface area contributed by atoms with E-state index in [2.05, 4.69) is 92.6 Å². The Labute approximate surface area is 293 Å². The Morgan fingerprint density at radius 3 is 1.50 bits per heavy atom. The molecule has 19 heteroatoms. The van der Waals surface area contributed by atoms with E-state index < -0.39 is 24.3 Å². The van der Waals surface area contributed by atoms with E-state index in [1.807, 2.05) is 12.1 Å². The van der Waals surface area contributed by atoms with E-state index in [0.717, 1.165) is 55.1 Å². The molecule has 0 bridgehead atoms. The van der Waals surface area contributed by atoms with E-state index in [0.29, 0.717) is 32.1 Å². The van der Waals surface area contributed by atoms with E-state index in [1.54, 1.807) is 0 Å². The minimum absolute atomic E-state index is 0.542. The monoisotopic (exact) mass is 918 g/mol. The summed E-state index contributed by atoms with van der Waals surface area (Å²) in [5.41, 5.74) is 16.0. The summed E-state index contributed by atoms with van der Waals surface area (Å²) in [6, 6.07) is 13.2. The maximum absolute atomic E-state index is 10.6. The van der Waals surface area contributed by atoms with Crippen molar-refractivity contribution in [3.8, 4) is 6.01 Å². The van der Waals surface area contributed by atoms with Crippen molar-refractivity contribution in [3.05, 3.63) is 76.8 Å². The number of alkyl halides is 6. The van der Waals surface area contributed by atoms with Gasteiger partial charge in [-0.25, -0.2) is 9.59 Å². The number of nitrogens with two attached hydrogens (primary N) is 2. The minimum Gasteiger partial charge on any atom is -0.475 e. The molecule has 0 atom stereocenters. The number of carboxylic acid groups (broad SMARTS) is 2. The third-order valence-corrected chi connectivity index (χ3v) is 7.19. The predicted octanol–water partition coefficient (Wildman–Crippen LogP) is 7.46. The number of hydrogen-bond donors (Lipinski definition) is 4. The highest BCUT2D eigenvalue weighted by Crippen LogP contribution is 2.29. The first-order valence-electron chi connectivity index (χ1n) is 12.9. The molecule has 1 aromatic heterocycles. The van der Waals surface area contributed by atoms with Crippen LogP contribution in [0.5, 0.6) is 6.01 Å². The summed E-state index contributed by atoms with van der Waals surface area (Å²) in [5.74, 6) is -5.51. The molecule has 0 saturated carbocycles. The van der Waals surface area contributed by atoms with Crippen molar-refractivity contribution in [1.82, 2.24) is 9.55 Å². The van der Waals surface area contributed by atoms with E-state index in [-0.39, 0.29) is 0 Å². The summed E-state index contributed by atoms with van der Waals surface area (Å²) in [6.07, 6.45) is -7.10. The lowest BCUT2D eigenvalue weighted by Gasteiger charge is -2.13. The van der Waals surface area contributed by atoms with Crippen LogP contribution in [0.1, 0.15) is 35.4 Å². The largest absolute Gasteiger partial charge is 0.490 e. The average Bonchev–Trinajstić information content (AvgIpc) is 3.21. The molecular formula is C27H28Br4F6N4O5. The number of aliphatic carboxylic acids is 2. The zero-order chi connectivity index (χ0) is 35.2. The summed E-state index contributed by atoms with van der Waals surface area (Å²) in [6.45, 7) is 2.49. The first kappa shape index (κ1) is 41.8. The van der Waals surface area contributed by atoms with Crippen LogP contribution in [-0.2, 0) is 29.0 Å². The van der Waals surface area contributed by atoms with Gasteiger partial charge in [0.1, 0.15) is 0 Å². The van der Waals surface area contributed by atoms with Gasteiger partial charge >= 0.3 is 24.3 Å². The molecule has 0 fully saturated rings. The second-order valence-electron chi connectivity index (χ2n) is 9.09. The number of benzene rings is 2. The number of ether oxygens (including phenoxy) is 1. The summed E-state index contributed by atoms with van der Waals surface area (Å²) in [4.78, 5) is 22.7. The van der Waals surface area contributed by atoms with Gasteiger partial charge in [-0.05, 0) is 73.5 Å². The molecule has 9 nitrogen and oxygen atoms in total. The maximum atomic E-state index is 10.6. The van der Waals surface area contributed by atoms with Crippen LogP contribution >= 0.6 is 63.7 Å². The van der Waals surface area contributed by atoms with Crippen LogP contribution in [-0.4, -0.2) is 63.8 Å². The topological polar surface area (TPSA) is 154 Å². The molecule has 0 radical (unpaired) electrons. The summed E-state index contributed by atoms with van der Waals surface area (Å²) >= 11 is 14.4. The number of aromatic nitrogens is 2.